The lowest BCUT2D eigenvalue weighted by atomic mass is 10.0. The van der Waals surface area contributed by atoms with Crippen molar-refractivity contribution in [3.8, 4) is 0 Å². The van der Waals surface area contributed by atoms with Gasteiger partial charge in [-0.05, 0) is 83.5 Å². The number of hydrogen-bond acceptors (Lipinski definition) is 7. The first kappa shape index (κ1) is 81.5. The Hall–Kier alpha value is -2.55. The van der Waals surface area contributed by atoms with E-state index >= 15 is 0 Å². The largest absolute Gasteiger partial charge is 0.472 e. The molecule has 0 rings (SSSR count). The Kier molecular flexibility index (Phi) is 62.9. The fraction of sp³-hybridized carbons (Fsp3) is 0.811. The highest BCUT2D eigenvalue weighted by Gasteiger charge is 2.27. The van der Waals surface area contributed by atoms with Gasteiger partial charge in [0.25, 0.3) is 0 Å². The van der Waals surface area contributed by atoms with Crippen LogP contribution in [0.2, 0.25) is 0 Å². The molecule has 0 amide bonds. The average Bonchev–Trinajstić information content (AvgIpc) is 3.61. The fourth-order valence-corrected chi connectivity index (χ4v) is 11.0. The molecule has 0 bridgehead atoms. The highest BCUT2D eigenvalue weighted by atomic mass is 31.2. The van der Waals surface area contributed by atoms with Crippen LogP contribution in [0.4, 0.5) is 0 Å². The van der Waals surface area contributed by atoms with Crippen LogP contribution >= 0.6 is 7.82 Å². The molecule has 0 aromatic carbocycles. The maximum absolute atomic E-state index is 12.9. The summed E-state index contributed by atoms with van der Waals surface area (Å²) in [6.07, 6.45) is 87.4. The molecule has 0 radical (unpaired) electrons. The van der Waals surface area contributed by atoms with Crippen molar-refractivity contribution in [3.63, 3.8) is 0 Å². The third-order valence-corrected chi connectivity index (χ3v) is 16.7. The second-order valence-electron chi connectivity index (χ2n) is 25.2. The van der Waals surface area contributed by atoms with Gasteiger partial charge in [-0.2, -0.15) is 0 Å². The Labute approximate surface area is 520 Å². The van der Waals surface area contributed by atoms with Gasteiger partial charge in [0.05, 0.1) is 27.7 Å². The number of esters is 2. The van der Waals surface area contributed by atoms with E-state index in [0.717, 1.165) is 77.0 Å². The molecule has 84 heavy (non-hydrogen) atoms. The molecule has 0 aromatic heterocycles. The number of likely N-dealkylation sites (N-methyl/N-ethyl adjacent to an activating group) is 1. The number of quaternary nitrogens is 1. The fourth-order valence-electron chi connectivity index (χ4n) is 10.3. The van der Waals surface area contributed by atoms with Crippen LogP contribution in [0.15, 0.2) is 72.9 Å². The maximum Gasteiger partial charge on any atom is 0.472 e. The Balaban J connectivity index is 3.96. The van der Waals surface area contributed by atoms with Crippen molar-refractivity contribution in [2.75, 3.05) is 47.5 Å². The summed E-state index contributed by atoms with van der Waals surface area (Å²) >= 11 is 0. The summed E-state index contributed by atoms with van der Waals surface area (Å²) in [7, 11) is 1.47. The van der Waals surface area contributed by atoms with Crippen molar-refractivity contribution in [1.82, 2.24) is 0 Å². The number of phosphoric acid groups is 1. The number of carbonyl (C=O) groups excluding carboxylic acids is 2. The van der Waals surface area contributed by atoms with E-state index < -0.39 is 26.5 Å². The monoisotopic (exact) mass is 1200 g/mol. The zero-order valence-corrected chi connectivity index (χ0v) is 56.8. The van der Waals surface area contributed by atoms with Crippen molar-refractivity contribution < 1.29 is 42.1 Å². The second kappa shape index (κ2) is 64.9. The van der Waals surface area contributed by atoms with Gasteiger partial charge in [0.15, 0.2) is 6.10 Å². The minimum atomic E-state index is -4.40. The van der Waals surface area contributed by atoms with E-state index in [1.54, 1.807) is 0 Å². The van der Waals surface area contributed by atoms with Gasteiger partial charge < -0.3 is 18.9 Å². The van der Waals surface area contributed by atoms with Gasteiger partial charge >= 0.3 is 19.8 Å². The minimum Gasteiger partial charge on any atom is -0.462 e. The first-order chi connectivity index (χ1) is 41.0. The van der Waals surface area contributed by atoms with Crippen LogP contribution in [0.25, 0.3) is 0 Å². The molecule has 0 heterocycles. The summed E-state index contributed by atoms with van der Waals surface area (Å²) < 4.78 is 34.7. The SMILES string of the molecule is CC/C=C\C/C=C\C/C=C\C/C=C\C/C=C\CCCCCCCCCC(=O)OC(COC(=O)CCCCCCCCCCCCCCCCCCCCCCCCCCC/C=C\CCCCCCCCCC)COP(=O)(O)OCC[N+](C)(C)C. The summed E-state index contributed by atoms with van der Waals surface area (Å²) in [5.41, 5.74) is 0. The molecule has 1 N–H and O–H groups in total. The number of phosphoric ester groups is 1. The number of unbranched alkanes of at least 4 members (excludes halogenated alkanes) is 40. The number of ether oxygens (including phenoxy) is 2. The molecule has 0 aliphatic heterocycles. The van der Waals surface area contributed by atoms with E-state index in [1.165, 1.54) is 225 Å². The van der Waals surface area contributed by atoms with Crippen LogP contribution < -0.4 is 0 Å². The normalized spacial score (nSPS) is 13.5. The van der Waals surface area contributed by atoms with E-state index in [9.17, 15) is 19.0 Å². The molecule has 0 saturated carbocycles. The topological polar surface area (TPSA) is 108 Å². The van der Waals surface area contributed by atoms with Gasteiger partial charge in [-0.15, -0.1) is 0 Å². The van der Waals surface area contributed by atoms with Crippen LogP contribution in [-0.2, 0) is 32.7 Å². The number of hydrogen-bond donors (Lipinski definition) is 1. The lowest BCUT2D eigenvalue weighted by Gasteiger charge is -2.24. The van der Waals surface area contributed by atoms with E-state index in [-0.39, 0.29) is 32.0 Å². The molecular weight excluding hydrogens is 1060 g/mol. The lowest BCUT2D eigenvalue weighted by Crippen LogP contribution is -2.37. The first-order valence-corrected chi connectivity index (χ1v) is 37.2. The molecule has 10 heteroatoms. The Morgan fingerprint density at radius 2 is 0.679 bits per heavy atom. The third kappa shape index (κ3) is 68.6. The number of carbonyl (C=O) groups is 2. The van der Waals surface area contributed by atoms with E-state index in [4.69, 9.17) is 18.5 Å². The molecule has 2 unspecified atom stereocenters. The molecule has 0 saturated heterocycles. The van der Waals surface area contributed by atoms with Crippen molar-refractivity contribution in [1.29, 1.82) is 0 Å². The first-order valence-electron chi connectivity index (χ1n) is 35.7. The van der Waals surface area contributed by atoms with Gasteiger partial charge in [0, 0.05) is 12.8 Å². The van der Waals surface area contributed by atoms with Gasteiger partial charge in [0.2, 0.25) is 0 Å². The molecule has 0 aliphatic rings. The molecule has 0 aromatic rings. The zero-order valence-electron chi connectivity index (χ0n) is 55.9. The van der Waals surface area contributed by atoms with E-state index in [0.29, 0.717) is 17.4 Å². The average molecular weight is 1200 g/mol. The van der Waals surface area contributed by atoms with Crippen LogP contribution in [0.3, 0.4) is 0 Å². The van der Waals surface area contributed by atoms with Gasteiger partial charge in [-0.3, -0.25) is 18.6 Å². The standard InChI is InChI=1S/C74H136NO8P/c1-6-8-10-12-14-16-18-20-22-24-26-28-30-31-32-33-34-35-36-37-38-39-40-41-42-43-45-46-48-50-52-54-56-58-60-62-64-66-73(76)80-70-72(71-82-84(78,79)81-69-68-75(3,4)5)83-74(77)67-65-63-61-59-57-55-53-51-49-47-44-29-27-25-23-21-19-17-15-13-11-9-7-2/h9,11,15,17,21,23-24,26-27,29,47,49,72H,6-8,10,12-14,16,18-20,22,25,28,30-46,48,50-71H2,1-5H3/p+1/b11-9-,17-15-,23-21-,26-24-,29-27-,49-47-. The van der Waals surface area contributed by atoms with Crippen molar-refractivity contribution in [2.24, 2.45) is 0 Å². The summed E-state index contributed by atoms with van der Waals surface area (Å²) in [5.74, 6) is -0.799. The predicted molar refractivity (Wildman–Crippen MR) is 363 cm³/mol. The van der Waals surface area contributed by atoms with Crippen molar-refractivity contribution in [2.45, 2.75) is 341 Å². The smallest absolute Gasteiger partial charge is 0.462 e. The van der Waals surface area contributed by atoms with Crippen LogP contribution in [0.1, 0.15) is 335 Å². The summed E-state index contributed by atoms with van der Waals surface area (Å²) in [4.78, 5) is 35.8. The lowest BCUT2D eigenvalue weighted by molar-refractivity contribution is -0.870. The molecular formula is C74H137NO8P+. The Morgan fingerprint density at radius 1 is 0.381 bits per heavy atom. The Morgan fingerprint density at radius 3 is 1.02 bits per heavy atom. The summed E-state index contributed by atoms with van der Waals surface area (Å²) in [6.45, 7) is 4.35. The highest BCUT2D eigenvalue weighted by molar-refractivity contribution is 7.47. The number of nitrogens with zero attached hydrogens (tertiary/aromatic N) is 1. The van der Waals surface area contributed by atoms with Crippen LogP contribution in [0.5, 0.6) is 0 Å². The molecule has 0 spiro atoms. The third-order valence-electron chi connectivity index (χ3n) is 15.7. The quantitative estimate of drug-likeness (QED) is 0.0211. The van der Waals surface area contributed by atoms with Crippen molar-refractivity contribution in [3.05, 3.63) is 72.9 Å². The molecule has 0 fully saturated rings. The van der Waals surface area contributed by atoms with E-state index in [1.807, 2.05) is 21.1 Å². The minimum absolute atomic E-state index is 0.0279. The predicted octanol–water partition coefficient (Wildman–Crippen LogP) is 23.2. The van der Waals surface area contributed by atoms with Gasteiger partial charge in [-0.25, -0.2) is 4.57 Å². The molecule has 9 nitrogen and oxygen atoms in total. The second-order valence-corrected chi connectivity index (χ2v) is 26.7. The van der Waals surface area contributed by atoms with Gasteiger partial charge in [0.1, 0.15) is 19.8 Å². The number of rotatable bonds is 66. The van der Waals surface area contributed by atoms with Crippen molar-refractivity contribution >= 4 is 19.8 Å². The summed E-state index contributed by atoms with van der Waals surface area (Å²) in [6, 6.07) is 0. The Bertz CT molecular complexity index is 1650. The summed E-state index contributed by atoms with van der Waals surface area (Å²) in [5, 5.41) is 0. The van der Waals surface area contributed by atoms with Gasteiger partial charge in [-0.1, -0.05) is 311 Å². The molecule has 0 aliphatic carbocycles. The molecule has 490 valence electrons. The van der Waals surface area contributed by atoms with Crippen LogP contribution in [-0.4, -0.2) is 74.9 Å². The maximum atomic E-state index is 12.9. The zero-order chi connectivity index (χ0) is 61.2. The molecule has 2 atom stereocenters. The number of allylic oxidation sites excluding steroid dienone is 12. The van der Waals surface area contributed by atoms with Crippen LogP contribution in [0, 0.1) is 0 Å². The highest BCUT2D eigenvalue weighted by Crippen LogP contribution is 2.43. The van der Waals surface area contributed by atoms with E-state index in [2.05, 4.69) is 86.8 Å².